The van der Waals surface area contributed by atoms with Crippen molar-refractivity contribution in [3.05, 3.63) is 66.0 Å². The molecule has 3 heterocycles. The molecule has 41 heavy (non-hydrogen) atoms. The van der Waals surface area contributed by atoms with Gasteiger partial charge in [0.15, 0.2) is 9.84 Å². The van der Waals surface area contributed by atoms with Gasteiger partial charge in [-0.3, -0.25) is 0 Å². The second-order valence-electron chi connectivity index (χ2n) is 10.6. The van der Waals surface area contributed by atoms with Crippen LogP contribution in [0.5, 0.6) is 11.6 Å². The van der Waals surface area contributed by atoms with Crippen LogP contribution in [0.25, 0.3) is 22.0 Å². The van der Waals surface area contributed by atoms with Crippen molar-refractivity contribution < 1.29 is 21.9 Å². The van der Waals surface area contributed by atoms with Crippen molar-refractivity contribution in [1.29, 1.82) is 0 Å². The number of aryl methyl sites for hydroxylation is 1. The number of nitrogens with zero attached hydrogens (tertiary/aromatic N) is 4. The molecule has 0 spiro atoms. The fourth-order valence-electron chi connectivity index (χ4n) is 5.11. The number of anilines is 1. The largest absolute Gasteiger partial charge is 0.437 e. The maximum absolute atomic E-state index is 14.9. The molecule has 216 valence electrons. The predicted molar refractivity (Wildman–Crippen MR) is 154 cm³/mol. The van der Waals surface area contributed by atoms with Crippen LogP contribution in [-0.2, 0) is 15.6 Å². The van der Waals surface area contributed by atoms with Crippen LogP contribution in [0.15, 0.2) is 49.1 Å². The molecule has 1 saturated heterocycles. The summed E-state index contributed by atoms with van der Waals surface area (Å²) in [5.41, 5.74) is 0.498. The summed E-state index contributed by atoms with van der Waals surface area (Å²) in [5.74, 6) is -0.0591. The molecular formula is C29H32F2N6O3S. The zero-order valence-electron chi connectivity index (χ0n) is 23.1. The highest BCUT2D eigenvalue weighted by Crippen LogP contribution is 2.38. The molecule has 2 atom stereocenters. The van der Waals surface area contributed by atoms with Gasteiger partial charge in [-0.1, -0.05) is 19.1 Å². The van der Waals surface area contributed by atoms with Crippen LogP contribution in [0.4, 0.5) is 14.7 Å². The van der Waals surface area contributed by atoms with Gasteiger partial charge >= 0.3 is 0 Å². The molecule has 9 nitrogen and oxygen atoms in total. The van der Waals surface area contributed by atoms with E-state index in [0.717, 1.165) is 5.56 Å². The van der Waals surface area contributed by atoms with E-state index in [-0.39, 0.29) is 23.2 Å². The molecule has 5 rings (SSSR count). The number of rotatable bonds is 9. The maximum Gasteiger partial charge on any atom is 0.231 e. The Morgan fingerprint density at radius 2 is 1.98 bits per heavy atom. The molecule has 0 bridgehead atoms. The molecule has 2 aromatic carbocycles. The summed E-state index contributed by atoms with van der Waals surface area (Å²) in [6.07, 6.45) is 5.27. The van der Waals surface area contributed by atoms with Crippen molar-refractivity contribution in [3.63, 3.8) is 0 Å². The lowest BCUT2D eigenvalue weighted by molar-refractivity contribution is 0.137. The Kier molecular flexibility index (Phi) is 8.14. The first-order valence-electron chi connectivity index (χ1n) is 13.4. The summed E-state index contributed by atoms with van der Waals surface area (Å²) in [6, 6.07) is 7.81. The second kappa shape index (κ2) is 11.6. The number of hydrogen-bond acceptors (Lipinski definition) is 9. The number of sulfone groups is 1. The van der Waals surface area contributed by atoms with Gasteiger partial charge in [0, 0.05) is 48.9 Å². The lowest BCUT2D eigenvalue weighted by atomic mass is 9.95. The minimum atomic E-state index is -3.49. The van der Waals surface area contributed by atoms with Crippen LogP contribution in [0.3, 0.4) is 0 Å². The van der Waals surface area contributed by atoms with E-state index in [4.69, 9.17) is 4.74 Å². The van der Waals surface area contributed by atoms with Gasteiger partial charge in [-0.2, -0.15) is 0 Å². The smallest absolute Gasteiger partial charge is 0.231 e. The van der Waals surface area contributed by atoms with Crippen LogP contribution in [0.1, 0.15) is 37.8 Å². The Morgan fingerprint density at radius 1 is 1.17 bits per heavy atom. The number of halogens is 2. The summed E-state index contributed by atoms with van der Waals surface area (Å²) in [7, 11) is -3.49. The third kappa shape index (κ3) is 6.59. The van der Waals surface area contributed by atoms with E-state index in [1.807, 2.05) is 6.92 Å². The van der Waals surface area contributed by atoms with Crippen molar-refractivity contribution in [2.24, 2.45) is 0 Å². The molecule has 0 unspecified atom stereocenters. The molecule has 1 fully saturated rings. The van der Waals surface area contributed by atoms with E-state index in [0.29, 0.717) is 59.7 Å². The van der Waals surface area contributed by atoms with Gasteiger partial charge in [-0.05, 0) is 49.4 Å². The predicted octanol–water partition coefficient (Wildman–Crippen LogP) is 5.15. The van der Waals surface area contributed by atoms with Crippen LogP contribution < -0.4 is 15.4 Å². The number of hydrogen-bond donors (Lipinski definition) is 2. The van der Waals surface area contributed by atoms with Gasteiger partial charge in [0.25, 0.3) is 0 Å². The van der Waals surface area contributed by atoms with E-state index in [1.165, 1.54) is 12.4 Å². The first kappa shape index (κ1) is 28.7. The van der Waals surface area contributed by atoms with Crippen LogP contribution in [0, 0.1) is 12.7 Å². The lowest BCUT2D eigenvalue weighted by Crippen LogP contribution is -2.50. The van der Waals surface area contributed by atoms with Crippen molar-refractivity contribution in [1.82, 2.24) is 25.3 Å². The van der Waals surface area contributed by atoms with E-state index in [9.17, 15) is 17.2 Å². The zero-order chi connectivity index (χ0) is 29.2. The summed E-state index contributed by atoms with van der Waals surface area (Å²) in [6.45, 7) is 6.06. The number of piperidine rings is 1. The second-order valence-corrected chi connectivity index (χ2v) is 12.8. The van der Waals surface area contributed by atoms with Crippen LogP contribution in [-0.4, -0.2) is 58.9 Å². The molecule has 1 aliphatic heterocycles. The van der Waals surface area contributed by atoms with Crippen LogP contribution >= 0.6 is 0 Å². The molecular weight excluding hydrogens is 550 g/mol. The fraction of sp³-hybridized carbons (Fsp3) is 0.379. The molecule has 0 saturated carbocycles. The van der Waals surface area contributed by atoms with Crippen molar-refractivity contribution in [2.45, 2.75) is 51.1 Å². The fourth-order valence-corrected chi connectivity index (χ4v) is 6.61. The van der Waals surface area contributed by atoms with E-state index < -0.39 is 27.1 Å². The Bertz CT molecular complexity index is 1680. The minimum absolute atomic E-state index is 0.0253. The number of fused-ring (bicyclic) bond motifs is 1. The molecule has 0 aliphatic carbocycles. The minimum Gasteiger partial charge on any atom is -0.437 e. The van der Waals surface area contributed by atoms with Crippen molar-refractivity contribution in [3.8, 4) is 22.9 Å². The average molecular weight is 583 g/mol. The number of benzene rings is 2. The topological polar surface area (TPSA) is 119 Å². The molecule has 2 N–H and O–H groups in total. The highest BCUT2D eigenvalue weighted by atomic mass is 32.2. The third-order valence-corrected chi connectivity index (χ3v) is 8.74. The molecule has 1 aliphatic rings. The molecule has 12 heteroatoms. The molecule has 2 aromatic heterocycles. The Labute approximate surface area is 237 Å². The van der Waals surface area contributed by atoms with E-state index in [1.54, 1.807) is 50.5 Å². The van der Waals surface area contributed by atoms with Gasteiger partial charge < -0.3 is 15.4 Å². The van der Waals surface area contributed by atoms with E-state index in [2.05, 4.69) is 30.6 Å². The van der Waals surface area contributed by atoms with Gasteiger partial charge in [0.05, 0.1) is 22.8 Å². The average Bonchev–Trinajstić information content (AvgIpc) is 2.91. The molecule has 4 aromatic rings. The molecule has 0 amide bonds. The third-order valence-electron chi connectivity index (χ3n) is 6.98. The normalized spacial score (nSPS) is 19.3. The van der Waals surface area contributed by atoms with Gasteiger partial charge in [-0.25, -0.2) is 37.1 Å². The zero-order valence-corrected chi connectivity index (χ0v) is 23.9. The van der Waals surface area contributed by atoms with Gasteiger partial charge in [-0.15, -0.1) is 0 Å². The number of alkyl halides is 1. The lowest BCUT2D eigenvalue weighted by Gasteiger charge is -2.33. The summed E-state index contributed by atoms with van der Waals surface area (Å²) in [4.78, 5) is 17.4. The van der Waals surface area contributed by atoms with Crippen molar-refractivity contribution >= 4 is 26.6 Å². The SMILES string of the molecule is CCCS(=O)(=O)Cc1c(F)ccc2c(Oc3ncncc3-c3ccnc(N[C@@H]4CNC[C@@](C)(F)C4)n3)c(C)ccc12. The highest BCUT2D eigenvalue weighted by Gasteiger charge is 2.32. The first-order valence-corrected chi connectivity index (χ1v) is 15.3. The Hall–Kier alpha value is -3.77. The van der Waals surface area contributed by atoms with E-state index >= 15 is 0 Å². The monoisotopic (exact) mass is 582 g/mol. The summed E-state index contributed by atoms with van der Waals surface area (Å²) >= 11 is 0. The Balaban J connectivity index is 1.49. The van der Waals surface area contributed by atoms with Crippen molar-refractivity contribution in [2.75, 3.05) is 24.2 Å². The quantitative estimate of drug-likeness (QED) is 0.276. The highest BCUT2D eigenvalue weighted by molar-refractivity contribution is 7.90. The summed E-state index contributed by atoms with van der Waals surface area (Å²) in [5, 5.41) is 7.29. The standard InChI is InChI=1S/C29H32F2N6O3S/c1-4-11-41(38,39)15-23-20-6-5-18(2)26(21(20)7-8-24(23)30)40-27-22(14-33-17-35-27)25-9-10-34-28(37-25)36-19-12-29(3,31)16-32-13-19/h5-10,14,17,19,32H,4,11-13,15-16H2,1-3H3,(H,34,36,37)/t19-,29-/m0/s1. The number of aromatic nitrogens is 4. The number of nitrogens with one attached hydrogen (secondary N) is 2. The molecule has 0 radical (unpaired) electrons. The van der Waals surface area contributed by atoms with Gasteiger partial charge in [0.2, 0.25) is 11.8 Å². The first-order chi connectivity index (χ1) is 19.5. The number of ether oxygens (including phenoxy) is 1. The van der Waals surface area contributed by atoms with Crippen LogP contribution in [0.2, 0.25) is 0 Å². The van der Waals surface area contributed by atoms with Gasteiger partial charge in [0.1, 0.15) is 23.6 Å². The summed E-state index contributed by atoms with van der Waals surface area (Å²) < 4.78 is 60.9. The Morgan fingerprint density at radius 3 is 2.76 bits per heavy atom. The maximum atomic E-state index is 14.9.